The lowest BCUT2D eigenvalue weighted by Crippen LogP contribution is -2.59. The molecule has 11 N–H and O–H groups in total. The van der Waals surface area contributed by atoms with Gasteiger partial charge in [0.25, 0.3) is 0 Å². The zero-order valence-electron chi connectivity index (χ0n) is 26.6. The number of aliphatic carboxylic acids is 2. The van der Waals surface area contributed by atoms with Crippen molar-refractivity contribution in [2.75, 3.05) is 6.54 Å². The van der Waals surface area contributed by atoms with Gasteiger partial charge in [0, 0.05) is 16.0 Å². The third kappa shape index (κ3) is 8.51. The third-order valence-corrected chi connectivity index (χ3v) is 11.0. The van der Waals surface area contributed by atoms with Crippen molar-refractivity contribution in [3.63, 3.8) is 0 Å². The van der Waals surface area contributed by atoms with Crippen molar-refractivity contribution in [1.29, 1.82) is 0 Å². The molecule has 0 saturated carbocycles. The maximum Gasteiger partial charge on any atom is 0.322 e. The first-order valence-corrected chi connectivity index (χ1v) is 16.7. The summed E-state index contributed by atoms with van der Waals surface area (Å²) in [7, 11) is 0. The van der Waals surface area contributed by atoms with Crippen LogP contribution in [0.5, 0.6) is 11.5 Å². The highest BCUT2D eigenvalue weighted by atomic mass is 32.2. The highest BCUT2D eigenvalue weighted by Crippen LogP contribution is 2.40. The van der Waals surface area contributed by atoms with Crippen LogP contribution in [0, 0.1) is 0 Å². The number of hydrogen-bond acceptors (Lipinski definition) is 12. The minimum atomic E-state index is -1.43. The minimum absolute atomic E-state index is 0.0112. The Bertz CT molecular complexity index is 1540. The maximum absolute atomic E-state index is 14.1. The van der Waals surface area contributed by atoms with Crippen LogP contribution in [0.2, 0.25) is 0 Å². The molecule has 48 heavy (non-hydrogen) atoms. The zero-order valence-corrected chi connectivity index (χ0v) is 28.2. The molecule has 2 fully saturated rings. The van der Waals surface area contributed by atoms with Crippen molar-refractivity contribution in [2.45, 2.75) is 78.1 Å². The molecule has 2 saturated heterocycles. The Morgan fingerprint density at radius 1 is 0.750 bits per heavy atom. The van der Waals surface area contributed by atoms with Gasteiger partial charge >= 0.3 is 11.9 Å². The molecule has 260 valence electrons. The second kappa shape index (κ2) is 14.6. The number of aromatic hydroxyl groups is 2. The van der Waals surface area contributed by atoms with Crippen molar-refractivity contribution in [1.82, 2.24) is 26.6 Å². The van der Waals surface area contributed by atoms with Crippen molar-refractivity contribution in [3.8, 4) is 11.5 Å². The molecule has 17 heteroatoms. The number of carboxylic acid groups (broad SMARTS) is 2. The zero-order chi connectivity index (χ0) is 35.6. The number of nitrogens with one attached hydrogen (secondary N) is 5. The average Bonchev–Trinajstić information content (AvgIpc) is 3.51. The van der Waals surface area contributed by atoms with Crippen LogP contribution in [0.3, 0.4) is 0 Å². The van der Waals surface area contributed by atoms with E-state index in [4.69, 9.17) is 5.73 Å². The Morgan fingerprint density at radius 2 is 1.25 bits per heavy atom. The Balaban J connectivity index is 1.59. The highest BCUT2D eigenvalue weighted by Gasteiger charge is 2.50. The van der Waals surface area contributed by atoms with E-state index in [1.165, 1.54) is 60.3 Å². The van der Waals surface area contributed by atoms with Crippen LogP contribution in [0.25, 0.3) is 0 Å². The number of rotatable bonds is 12. The molecule has 2 aromatic rings. The Kier molecular flexibility index (Phi) is 11.2. The van der Waals surface area contributed by atoms with Crippen LogP contribution < -0.4 is 32.3 Å². The summed E-state index contributed by atoms with van der Waals surface area (Å²) in [5.41, 5.74) is 6.82. The third-order valence-electron chi connectivity index (χ3n) is 8.10. The van der Waals surface area contributed by atoms with Gasteiger partial charge < -0.3 is 42.1 Å². The van der Waals surface area contributed by atoms with Crippen LogP contribution in [0.1, 0.15) is 50.9 Å². The van der Waals surface area contributed by atoms with E-state index in [0.29, 0.717) is 5.56 Å². The molecule has 2 aromatic carbocycles. The van der Waals surface area contributed by atoms with E-state index in [-0.39, 0.29) is 23.6 Å². The lowest BCUT2D eigenvalue weighted by Gasteiger charge is -2.28. The number of nitrogens with two attached hydrogens (primary N) is 1. The van der Waals surface area contributed by atoms with Gasteiger partial charge in [-0.1, -0.05) is 24.3 Å². The number of hydrogen-bond donors (Lipinski definition) is 10. The number of thioether (sulfide) groups is 2. The normalized spacial score (nSPS) is 24.5. The molecule has 4 rings (SSSR count). The summed E-state index contributed by atoms with van der Waals surface area (Å²) in [5, 5.41) is 51.4. The van der Waals surface area contributed by atoms with Gasteiger partial charge in [-0.05, 0) is 63.1 Å². The number of carbonyl (C=O) groups is 5. The lowest BCUT2D eigenvalue weighted by atomic mass is 10.0. The van der Waals surface area contributed by atoms with Crippen molar-refractivity contribution < 1.29 is 44.4 Å². The highest BCUT2D eigenvalue weighted by molar-refractivity contribution is 8.01. The first kappa shape index (κ1) is 36.8. The summed E-state index contributed by atoms with van der Waals surface area (Å²) in [6.45, 7) is 6.92. The van der Waals surface area contributed by atoms with Gasteiger partial charge in [0.1, 0.15) is 41.7 Å². The first-order valence-electron chi connectivity index (χ1n) is 14.9. The monoisotopic (exact) mass is 704 g/mol. The molecule has 0 bridgehead atoms. The summed E-state index contributed by atoms with van der Waals surface area (Å²) >= 11 is 2.46. The van der Waals surface area contributed by atoms with Crippen LogP contribution in [-0.2, 0) is 24.0 Å². The van der Waals surface area contributed by atoms with E-state index in [0.717, 1.165) is 11.8 Å². The lowest BCUT2D eigenvalue weighted by molar-refractivity contribution is -0.141. The molecule has 0 aliphatic carbocycles. The largest absolute Gasteiger partial charge is 0.508 e. The van der Waals surface area contributed by atoms with E-state index >= 15 is 0 Å². The van der Waals surface area contributed by atoms with Gasteiger partial charge in [-0.2, -0.15) is 0 Å². The predicted molar refractivity (Wildman–Crippen MR) is 179 cm³/mol. The summed E-state index contributed by atoms with van der Waals surface area (Å²) in [4.78, 5) is 64.9. The summed E-state index contributed by atoms with van der Waals surface area (Å²) < 4.78 is -1.56. The number of phenols is 2. The number of phenolic OH excluding ortho intramolecular Hbond substituents is 2. The van der Waals surface area contributed by atoms with Crippen molar-refractivity contribution in [2.24, 2.45) is 5.73 Å². The number of benzene rings is 2. The SMILES string of the molecule is CC1(C)SC(CNC(=O)[C@H](NC(=O)C(NC(=O)[C@H](N)c2ccc(O)cc2)C2N[C@@H](C(=O)O)C(C)(C)S2)c2ccc(O)cc2)N[C@H]1C(=O)O. The maximum atomic E-state index is 14.1. The molecule has 15 nitrogen and oxygen atoms in total. The molecule has 0 spiro atoms. The van der Waals surface area contributed by atoms with Gasteiger partial charge in [0.05, 0.1) is 10.7 Å². The molecule has 0 radical (unpaired) electrons. The standard InChI is InChI=1S/C31H40N6O9S2/c1-30(2)22(28(43)44)34-18(47-30)13-33-25(41)20(15-7-11-17(39)12-8-15)35-26(42)21(27-37-23(29(45)46)31(3,4)48-27)36-24(40)19(32)14-5-9-16(38)10-6-14/h5-12,18-23,27,34,37-39H,13,32H2,1-4H3,(H,33,41)(H,35,42)(H,36,40)(H,43,44)(H,45,46)/t18?,19-,20-,21?,22+,23+,27?/m1/s1. The average molecular weight is 705 g/mol. The molecule has 3 unspecified atom stereocenters. The molecule has 2 aliphatic heterocycles. The first-order chi connectivity index (χ1) is 22.4. The minimum Gasteiger partial charge on any atom is -0.508 e. The van der Waals surface area contributed by atoms with Crippen LogP contribution in [0.15, 0.2) is 48.5 Å². The predicted octanol–water partition coefficient (Wildman–Crippen LogP) is 0.345. The molecular formula is C31H40N6O9S2. The van der Waals surface area contributed by atoms with Crippen LogP contribution >= 0.6 is 23.5 Å². The Labute approximate surface area is 285 Å². The summed E-state index contributed by atoms with van der Waals surface area (Å²) in [6.07, 6.45) is 0. The summed E-state index contributed by atoms with van der Waals surface area (Å²) in [6, 6.07) is 5.17. The molecule has 0 aromatic heterocycles. The molecule has 2 heterocycles. The van der Waals surface area contributed by atoms with Crippen LogP contribution in [0.4, 0.5) is 0 Å². The van der Waals surface area contributed by atoms with Gasteiger partial charge in [0.2, 0.25) is 17.7 Å². The van der Waals surface area contributed by atoms with Crippen LogP contribution in [-0.4, -0.2) is 95.0 Å². The fourth-order valence-corrected chi connectivity index (χ4v) is 8.40. The molecule has 7 atom stereocenters. The topological polar surface area (TPSA) is 252 Å². The molecule has 3 amide bonds. The van der Waals surface area contributed by atoms with Gasteiger partial charge in [-0.15, -0.1) is 23.5 Å². The van der Waals surface area contributed by atoms with Gasteiger partial charge in [-0.3, -0.25) is 34.6 Å². The smallest absolute Gasteiger partial charge is 0.322 e. The second-order valence-corrected chi connectivity index (χ2v) is 16.2. The van der Waals surface area contributed by atoms with E-state index in [9.17, 15) is 44.4 Å². The van der Waals surface area contributed by atoms with E-state index in [1.807, 2.05) is 0 Å². The van der Waals surface area contributed by atoms with Gasteiger partial charge in [0.15, 0.2) is 0 Å². The second-order valence-electron chi connectivity index (χ2n) is 12.6. The van der Waals surface area contributed by atoms with Gasteiger partial charge in [-0.25, -0.2) is 0 Å². The van der Waals surface area contributed by atoms with E-state index in [2.05, 4.69) is 26.6 Å². The molecule has 2 aliphatic rings. The Hall–Kier alpha value is -4.03. The van der Waals surface area contributed by atoms with Crippen molar-refractivity contribution >= 4 is 53.2 Å². The number of amides is 3. The number of carbonyl (C=O) groups excluding carboxylic acids is 3. The fraction of sp³-hybridized carbons (Fsp3) is 0.452. The summed E-state index contributed by atoms with van der Waals surface area (Å²) in [5.74, 6) is -4.57. The number of carboxylic acids is 2. The quantitative estimate of drug-likeness (QED) is 0.143. The Morgan fingerprint density at radius 3 is 1.75 bits per heavy atom. The van der Waals surface area contributed by atoms with E-state index < -0.39 is 80.1 Å². The van der Waals surface area contributed by atoms with E-state index in [1.54, 1.807) is 27.7 Å². The molecular weight excluding hydrogens is 665 g/mol. The fourth-order valence-electron chi connectivity index (χ4n) is 5.50. The van der Waals surface area contributed by atoms with Crippen molar-refractivity contribution in [3.05, 3.63) is 59.7 Å².